The Morgan fingerprint density at radius 3 is 2.63 bits per heavy atom. The third-order valence-electron chi connectivity index (χ3n) is 2.68. The van der Waals surface area contributed by atoms with Crippen LogP contribution in [0.2, 0.25) is 0 Å². The molecule has 0 fully saturated rings. The molecule has 0 aliphatic rings. The predicted molar refractivity (Wildman–Crippen MR) is 72.3 cm³/mol. The van der Waals surface area contributed by atoms with Crippen LogP contribution >= 0.6 is 0 Å². The molecule has 0 aliphatic heterocycles. The molecule has 0 spiro atoms. The Morgan fingerprint density at radius 1 is 1.37 bits per heavy atom. The number of anilines is 2. The smallest absolute Gasteiger partial charge is 0.263 e. The quantitative estimate of drug-likeness (QED) is 0.834. The third-order valence-corrected chi connectivity index (χ3v) is 4.03. The van der Waals surface area contributed by atoms with Gasteiger partial charge in [0.25, 0.3) is 10.0 Å². The van der Waals surface area contributed by atoms with Crippen molar-refractivity contribution in [2.45, 2.75) is 25.2 Å². The van der Waals surface area contributed by atoms with Crippen LogP contribution in [0.25, 0.3) is 0 Å². The number of hydrogen-bond acceptors (Lipinski definition) is 5. The van der Waals surface area contributed by atoms with Crippen molar-refractivity contribution >= 4 is 21.5 Å². The third kappa shape index (κ3) is 2.87. The fourth-order valence-electron chi connectivity index (χ4n) is 1.67. The molecule has 0 saturated heterocycles. The second-order valence-corrected chi connectivity index (χ2v) is 5.82. The van der Waals surface area contributed by atoms with Crippen molar-refractivity contribution in [2.24, 2.45) is 0 Å². The number of aromatic nitrogens is 1. The van der Waals surface area contributed by atoms with E-state index in [4.69, 9.17) is 10.3 Å². The normalized spacial score (nSPS) is 11.5. The van der Waals surface area contributed by atoms with Gasteiger partial charge in [-0.1, -0.05) is 18.1 Å². The minimum atomic E-state index is -3.70. The largest absolute Gasteiger partial charge is 0.398 e. The Labute approximate surface area is 111 Å². The predicted octanol–water partition coefficient (Wildman–Crippen LogP) is 1.93. The number of rotatable bonds is 4. The van der Waals surface area contributed by atoms with Crippen LogP contribution < -0.4 is 10.5 Å². The van der Waals surface area contributed by atoms with E-state index in [1.165, 1.54) is 18.2 Å². The molecule has 0 bridgehead atoms. The number of nitrogens with one attached hydrogen (secondary N) is 1. The van der Waals surface area contributed by atoms with Crippen molar-refractivity contribution < 1.29 is 12.9 Å². The van der Waals surface area contributed by atoms with Gasteiger partial charge in [-0.25, -0.2) is 8.42 Å². The number of nitrogen functional groups attached to an aromatic ring is 1. The van der Waals surface area contributed by atoms with E-state index < -0.39 is 10.0 Å². The molecule has 0 radical (unpaired) electrons. The van der Waals surface area contributed by atoms with Gasteiger partial charge in [-0.2, -0.15) is 0 Å². The molecule has 0 aliphatic carbocycles. The minimum absolute atomic E-state index is 0.0999. The van der Waals surface area contributed by atoms with Gasteiger partial charge in [-0.05, 0) is 31.0 Å². The molecule has 2 aromatic rings. The minimum Gasteiger partial charge on any atom is -0.398 e. The lowest BCUT2D eigenvalue weighted by molar-refractivity contribution is 0.400. The second kappa shape index (κ2) is 4.93. The highest BCUT2D eigenvalue weighted by atomic mass is 32.2. The highest BCUT2D eigenvalue weighted by Crippen LogP contribution is 2.21. The van der Waals surface area contributed by atoms with Crippen molar-refractivity contribution in [2.75, 3.05) is 10.5 Å². The fraction of sp³-hybridized carbons (Fsp3) is 0.250. The van der Waals surface area contributed by atoms with Crippen LogP contribution in [-0.2, 0) is 16.4 Å². The van der Waals surface area contributed by atoms with Crippen LogP contribution in [0.15, 0.2) is 33.7 Å². The van der Waals surface area contributed by atoms with Gasteiger partial charge in [0.1, 0.15) is 5.76 Å². The summed E-state index contributed by atoms with van der Waals surface area (Å²) >= 11 is 0. The summed E-state index contributed by atoms with van der Waals surface area (Å²) in [5.74, 6) is 0.675. The Bertz CT molecular complexity index is 692. The molecule has 102 valence electrons. The highest BCUT2D eigenvalue weighted by molar-refractivity contribution is 7.92. The molecule has 6 nitrogen and oxygen atoms in total. The van der Waals surface area contributed by atoms with Crippen molar-refractivity contribution in [3.05, 3.63) is 35.6 Å². The lowest BCUT2D eigenvalue weighted by Crippen LogP contribution is -2.13. The van der Waals surface area contributed by atoms with E-state index in [0.717, 1.165) is 12.0 Å². The standard InChI is InChI=1S/C12H15N3O3S/c1-3-9-4-5-10(7-11(9)13)19(16,17)15-12-6-8(2)18-14-12/h4-7H,3,13H2,1-2H3,(H,14,15). The van der Waals surface area contributed by atoms with Crippen LogP contribution in [-0.4, -0.2) is 13.6 Å². The summed E-state index contributed by atoms with van der Waals surface area (Å²) in [6, 6.07) is 6.16. The topological polar surface area (TPSA) is 98.2 Å². The summed E-state index contributed by atoms with van der Waals surface area (Å²) in [6.07, 6.45) is 0.752. The number of sulfonamides is 1. The average Bonchev–Trinajstić information content (AvgIpc) is 2.73. The molecule has 3 N–H and O–H groups in total. The van der Waals surface area contributed by atoms with Crippen molar-refractivity contribution in [1.82, 2.24) is 5.16 Å². The molecule has 1 aromatic carbocycles. The zero-order chi connectivity index (χ0) is 14.0. The first kappa shape index (κ1) is 13.4. The summed E-state index contributed by atoms with van der Waals surface area (Å²) in [4.78, 5) is 0.0999. The SMILES string of the molecule is CCc1ccc(S(=O)(=O)Nc2cc(C)on2)cc1N. The second-order valence-electron chi connectivity index (χ2n) is 4.14. The molecule has 1 heterocycles. The van der Waals surface area contributed by atoms with Gasteiger partial charge in [0, 0.05) is 11.8 Å². The molecule has 0 amide bonds. The maximum Gasteiger partial charge on any atom is 0.263 e. The van der Waals surface area contributed by atoms with Crippen molar-refractivity contribution in [3.63, 3.8) is 0 Å². The number of aryl methyl sites for hydroxylation is 2. The van der Waals surface area contributed by atoms with Gasteiger partial charge in [-0.15, -0.1) is 0 Å². The Morgan fingerprint density at radius 2 is 2.11 bits per heavy atom. The van der Waals surface area contributed by atoms with E-state index in [1.807, 2.05) is 6.92 Å². The number of nitrogens with two attached hydrogens (primary N) is 1. The molecule has 0 atom stereocenters. The Hall–Kier alpha value is -2.02. The Kier molecular flexibility index (Phi) is 3.48. The van der Waals surface area contributed by atoms with Gasteiger partial charge >= 0.3 is 0 Å². The summed E-state index contributed by atoms with van der Waals surface area (Å²) in [5, 5.41) is 3.59. The fourth-order valence-corrected chi connectivity index (χ4v) is 2.69. The zero-order valence-electron chi connectivity index (χ0n) is 10.7. The molecule has 0 unspecified atom stereocenters. The zero-order valence-corrected chi connectivity index (χ0v) is 11.5. The first-order valence-corrected chi connectivity index (χ1v) is 7.25. The van der Waals surface area contributed by atoms with E-state index in [1.54, 1.807) is 13.0 Å². The summed E-state index contributed by atoms with van der Waals surface area (Å²) < 4.78 is 31.4. The van der Waals surface area contributed by atoms with Gasteiger partial charge in [-0.3, -0.25) is 4.72 Å². The molecule has 1 aromatic heterocycles. The molecule has 7 heteroatoms. The van der Waals surface area contributed by atoms with Crippen LogP contribution in [0.3, 0.4) is 0 Å². The number of nitrogens with zero attached hydrogens (tertiary/aromatic N) is 1. The molecular formula is C12H15N3O3S. The summed E-state index contributed by atoms with van der Waals surface area (Å²) in [7, 11) is -3.70. The van der Waals surface area contributed by atoms with Gasteiger partial charge in [0.05, 0.1) is 4.90 Å². The Balaban J connectivity index is 2.31. The maximum atomic E-state index is 12.1. The average molecular weight is 281 g/mol. The van der Waals surface area contributed by atoms with Crippen molar-refractivity contribution in [1.29, 1.82) is 0 Å². The van der Waals surface area contributed by atoms with E-state index in [2.05, 4.69) is 9.88 Å². The summed E-state index contributed by atoms with van der Waals surface area (Å²) in [6.45, 7) is 3.63. The van der Waals surface area contributed by atoms with Gasteiger partial charge in [0.15, 0.2) is 5.82 Å². The molecule has 2 rings (SSSR count). The van der Waals surface area contributed by atoms with E-state index >= 15 is 0 Å². The first-order valence-electron chi connectivity index (χ1n) is 5.77. The molecule has 19 heavy (non-hydrogen) atoms. The van der Waals surface area contributed by atoms with Gasteiger partial charge < -0.3 is 10.3 Å². The van der Waals surface area contributed by atoms with Gasteiger partial charge in [0.2, 0.25) is 0 Å². The summed E-state index contributed by atoms with van der Waals surface area (Å²) in [5.41, 5.74) is 7.17. The first-order chi connectivity index (χ1) is 8.92. The van der Waals surface area contributed by atoms with E-state index in [-0.39, 0.29) is 10.7 Å². The number of benzene rings is 1. The van der Waals surface area contributed by atoms with Crippen LogP contribution in [0, 0.1) is 6.92 Å². The van der Waals surface area contributed by atoms with Crippen molar-refractivity contribution in [3.8, 4) is 0 Å². The number of hydrogen-bond donors (Lipinski definition) is 2. The lowest BCUT2D eigenvalue weighted by atomic mass is 10.1. The monoisotopic (exact) mass is 281 g/mol. The van der Waals surface area contributed by atoms with E-state index in [9.17, 15) is 8.42 Å². The molecular weight excluding hydrogens is 266 g/mol. The molecule has 0 saturated carbocycles. The van der Waals surface area contributed by atoms with Crippen LogP contribution in [0.1, 0.15) is 18.2 Å². The maximum absolute atomic E-state index is 12.1. The van der Waals surface area contributed by atoms with Crippen LogP contribution in [0.4, 0.5) is 11.5 Å². The lowest BCUT2D eigenvalue weighted by Gasteiger charge is -2.08. The highest BCUT2D eigenvalue weighted by Gasteiger charge is 2.17. The van der Waals surface area contributed by atoms with E-state index in [0.29, 0.717) is 11.4 Å². The van der Waals surface area contributed by atoms with Crippen LogP contribution in [0.5, 0.6) is 0 Å².